The summed E-state index contributed by atoms with van der Waals surface area (Å²) in [5.74, 6) is 0.822. The molecular weight excluding hydrogens is 378 g/mol. The van der Waals surface area contributed by atoms with Gasteiger partial charge in [-0.15, -0.1) is 0 Å². The van der Waals surface area contributed by atoms with Crippen LogP contribution < -0.4 is 29.7 Å². The van der Waals surface area contributed by atoms with E-state index in [1.165, 1.54) is 39.7 Å². The number of ether oxygens (including phenoxy) is 4. The van der Waals surface area contributed by atoms with Gasteiger partial charge in [-0.05, 0) is 42.0 Å². The van der Waals surface area contributed by atoms with Crippen molar-refractivity contribution in [2.45, 2.75) is 0 Å². The summed E-state index contributed by atoms with van der Waals surface area (Å²) in [6.07, 6.45) is 1.48. The van der Waals surface area contributed by atoms with Gasteiger partial charge < -0.3 is 24.3 Å². The van der Waals surface area contributed by atoms with Crippen LogP contribution in [0.3, 0.4) is 0 Å². The topological polar surface area (TPSA) is 107 Å². The molecule has 154 valence electrons. The van der Waals surface area contributed by atoms with Gasteiger partial charge in [0.05, 0.1) is 41.2 Å². The first-order chi connectivity index (χ1) is 14.0. The summed E-state index contributed by atoms with van der Waals surface area (Å²) in [4.78, 5) is 24.2. The van der Waals surface area contributed by atoms with E-state index in [-0.39, 0.29) is 12.1 Å². The van der Waals surface area contributed by atoms with Crippen LogP contribution in [0, 0.1) is 0 Å². The maximum Gasteiger partial charge on any atom is 0.259 e. The predicted molar refractivity (Wildman–Crippen MR) is 107 cm³/mol. The van der Waals surface area contributed by atoms with E-state index in [1.807, 2.05) is 0 Å². The van der Waals surface area contributed by atoms with Gasteiger partial charge in [-0.2, -0.15) is 5.10 Å². The molecule has 0 spiro atoms. The van der Waals surface area contributed by atoms with Crippen molar-refractivity contribution >= 4 is 18.0 Å². The van der Waals surface area contributed by atoms with Gasteiger partial charge in [-0.25, -0.2) is 5.43 Å². The van der Waals surface area contributed by atoms with Gasteiger partial charge in [0.15, 0.2) is 11.5 Å². The third-order valence-electron chi connectivity index (χ3n) is 3.86. The number of nitrogens with zero attached hydrogens (tertiary/aromatic N) is 1. The molecule has 2 N–H and O–H groups in total. The van der Waals surface area contributed by atoms with Crippen molar-refractivity contribution in [3.8, 4) is 23.0 Å². The zero-order valence-corrected chi connectivity index (χ0v) is 16.6. The number of hydrogen-bond acceptors (Lipinski definition) is 7. The molecule has 0 atom stereocenters. The quantitative estimate of drug-likeness (QED) is 0.488. The van der Waals surface area contributed by atoms with Crippen molar-refractivity contribution in [3.63, 3.8) is 0 Å². The highest BCUT2D eigenvalue weighted by atomic mass is 16.5. The first-order valence-corrected chi connectivity index (χ1v) is 8.56. The maximum atomic E-state index is 12.3. The Balaban J connectivity index is 1.92. The van der Waals surface area contributed by atoms with Crippen molar-refractivity contribution in [1.29, 1.82) is 0 Å². The number of hydrogen-bond donors (Lipinski definition) is 2. The van der Waals surface area contributed by atoms with Gasteiger partial charge in [0.25, 0.3) is 11.8 Å². The van der Waals surface area contributed by atoms with Crippen molar-refractivity contribution in [2.75, 3.05) is 35.0 Å². The molecule has 9 nitrogen and oxygen atoms in total. The molecule has 0 saturated heterocycles. The first-order valence-electron chi connectivity index (χ1n) is 8.56. The maximum absolute atomic E-state index is 12.3. The van der Waals surface area contributed by atoms with Gasteiger partial charge in [0.1, 0.15) is 5.75 Å². The van der Waals surface area contributed by atoms with Crippen LogP contribution in [-0.2, 0) is 4.79 Å². The van der Waals surface area contributed by atoms with Crippen molar-refractivity contribution in [1.82, 2.24) is 10.7 Å². The molecule has 0 radical (unpaired) electrons. The highest BCUT2D eigenvalue weighted by Gasteiger charge is 2.17. The van der Waals surface area contributed by atoms with E-state index in [1.54, 1.807) is 31.4 Å². The Bertz CT molecular complexity index is 855. The molecule has 29 heavy (non-hydrogen) atoms. The van der Waals surface area contributed by atoms with E-state index in [9.17, 15) is 9.59 Å². The summed E-state index contributed by atoms with van der Waals surface area (Å²) in [6.45, 7) is -0.255. The Morgan fingerprint density at radius 2 is 1.55 bits per heavy atom. The van der Waals surface area contributed by atoms with Crippen LogP contribution in [0.15, 0.2) is 41.5 Å². The number of amides is 2. The number of benzene rings is 2. The number of carbonyl (C=O) groups is 2. The number of rotatable bonds is 9. The lowest BCUT2D eigenvalue weighted by molar-refractivity contribution is -0.120. The van der Waals surface area contributed by atoms with Gasteiger partial charge in [0.2, 0.25) is 5.75 Å². The third kappa shape index (κ3) is 5.86. The molecule has 2 rings (SSSR count). The minimum absolute atomic E-state index is 0.255. The lowest BCUT2D eigenvalue weighted by Crippen LogP contribution is -2.34. The van der Waals surface area contributed by atoms with Crippen LogP contribution in [0.2, 0.25) is 0 Å². The summed E-state index contributed by atoms with van der Waals surface area (Å²) >= 11 is 0. The summed E-state index contributed by atoms with van der Waals surface area (Å²) < 4.78 is 20.7. The number of methoxy groups -OCH3 is 4. The van der Waals surface area contributed by atoms with E-state index < -0.39 is 11.8 Å². The highest BCUT2D eigenvalue weighted by molar-refractivity contribution is 5.97. The molecule has 0 fully saturated rings. The molecule has 2 aromatic carbocycles. The summed E-state index contributed by atoms with van der Waals surface area (Å²) in [5, 5.41) is 6.36. The molecule has 0 unspecified atom stereocenters. The fourth-order valence-corrected chi connectivity index (χ4v) is 2.38. The smallest absolute Gasteiger partial charge is 0.259 e. The highest BCUT2D eigenvalue weighted by Crippen LogP contribution is 2.38. The van der Waals surface area contributed by atoms with Crippen molar-refractivity contribution in [2.24, 2.45) is 5.10 Å². The van der Waals surface area contributed by atoms with Crippen LogP contribution in [-0.4, -0.2) is 53.0 Å². The normalized spacial score (nSPS) is 10.3. The molecule has 0 aromatic heterocycles. The molecular formula is C20H23N3O6. The Kier molecular flexibility index (Phi) is 7.84. The van der Waals surface area contributed by atoms with Crippen LogP contribution in [0.5, 0.6) is 23.0 Å². The summed E-state index contributed by atoms with van der Waals surface area (Å²) in [5.41, 5.74) is 3.39. The molecule has 2 amide bonds. The second-order valence-electron chi connectivity index (χ2n) is 5.66. The Hall–Kier alpha value is -3.75. The van der Waals surface area contributed by atoms with Gasteiger partial charge in [-0.3, -0.25) is 9.59 Å². The third-order valence-corrected chi connectivity index (χ3v) is 3.86. The predicted octanol–water partition coefficient (Wildman–Crippen LogP) is 1.60. The van der Waals surface area contributed by atoms with Gasteiger partial charge >= 0.3 is 0 Å². The van der Waals surface area contributed by atoms with Crippen LogP contribution in [0.25, 0.3) is 0 Å². The molecule has 0 saturated carbocycles. The molecule has 9 heteroatoms. The second-order valence-corrected chi connectivity index (χ2v) is 5.66. The zero-order valence-electron chi connectivity index (χ0n) is 16.6. The number of carbonyl (C=O) groups excluding carboxylic acids is 2. The van der Waals surface area contributed by atoms with E-state index in [4.69, 9.17) is 18.9 Å². The summed E-state index contributed by atoms with van der Waals surface area (Å²) in [6, 6.07) is 10.1. The Morgan fingerprint density at radius 3 is 2.07 bits per heavy atom. The van der Waals surface area contributed by atoms with Crippen LogP contribution >= 0.6 is 0 Å². The molecule has 0 aliphatic heterocycles. The summed E-state index contributed by atoms with van der Waals surface area (Å²) in [7, 11) is 5.95. The average Bonchev–Trinajstić information content (AvgIpc) is 2.76. The second kappa shape index (κ2) is 10.5. The average molecular weight is 401 g/mol. The van der Waals surface area contributed by atoms with E-state index in [2.05, 4.69) is 15.8 Å². The molecule has 0 aliphatic carbocycles. The molecule has 0 heterocycles. The van der Waals surface area contributed by atoms with E-state index in [0.29, 0.717) is 17.2 Å². The Morgan fingerprint density at radius 1 is 0.931 bits per heavy atom. The van der Waals surface area contributed by atoms with E-state index in [0.717, 1.165) is 11.3 Å². The fourth-order valence-electron chi connectivity index (χ4n) is 2.38. The minimum atomic E-state index is -0.476. The van der Waals surface area contributed by atoms with Gasteiger partial charge in [0, 0.05) is 5.56 Å². The van der Waals surface area contributed by atoms with Crippen LogP contribution in [0.1, 0.15) is 15.9 Å². The monoisotopic (exact) mass is 401 g/mol. The lowest BCUT2D eigenvalue weighted by Gasteiger charge is -2.14. The lowest BCUT2D eigenvalue weighted by atomic mass is 10.1. The number of nitrogens with one attached hydrogen (secondary N) is 2. The molecule has 2 aromatic rings. The standard InChI is InChI=1S/C20H23N3O6/c1-26-15-7-5-13(6-8-15)11-22-23-18(24)12-21-20(25)14-9-16(27-2)19(29-4)17(10-14)28-3/h5-11H,12H2,1-4H3,(H,21,25)(H,23,24)/b22-11-. The van der Waals surface area contributed by atoms with Crippen molar-refractivity contribution in [3.05, 3.63) is 47.5 Å². The van der Waals surface area contributed by atoms with Crippen LogP contribution in [0.4, 0.5) is 0 Å². The SMILES string of the molecule is COc1ccc(/C=N\NC(=O)CNC(=O)c2cc(OC)c(OC)c(OC)c2)cc1. The Labute approximate surface area is 168 Å². The minimum Gasteiger partial charge on any atom is -0.497 e. The number of hydrazone groups is 1. The molecule has 0 aliphatic rings. The fraction of sp³-hybridized carbons (Fsp3) is 0.250. The zero-order chi connectivity index (χ0) is 21.2. The largest absolute Gasteiger partial charge is 0.497 e. The van der Waals surface area contributed by atoms with E-state index >= 15 is 0 Å². The molecule has 0 bridgehead atoms. The van der Waals surface area contributed by atoms with Crippen molar-refractivity contribution < 1.29 is 28.5 Å². The van der Waals surface area contributed by atoms with Gasteiger partial charge in [-0.1, -0.05) is 0 Å². The first kappa shape index (κ1) is 21.5.